The lowest BCUT2D eigenvalue weighted by Gasteiger charge is -2.37. The third kappa shape index (κ3) is 28.1. The van der Waals surface area contributed by atoms with Crippen LogP contribution in [0.2, 0.25) is 0 Å². The van der Waals surface area contributed by atoms with Gasteiger partial charge in [-0.2, -0.15) is 0 Å². The van der Waals surface area contributed by atoms with E-state index in [4.69, 9.17) is 85.3 Å². The first-order valence-electron chi connectivity index (χ1n) is 36.2. The highest BCUT2D eigenvalue weighted by atomic mass is 32.2. The van der Waals surface area contributed by atoms with Gasteiger partial charge in [-0.15, -0.1) is 11.8 Å². The van der Waals surface area contributed by atoms with Gasteiger partial charge in [0.15, 0.2) is 5.78 Å². The maximum atomic E-state index is 12.9. The van der Waals surface area contributed by atoms with Crippen LogP contribution in [0.25, 0.3) is 43.1 Å². The topological polar surface area (TPSA) is 219 Å². The largest absolute Gasteiger partial charge is 0.491 e. The zero-order chi connectivity index (χ0) is 69.9. The Balaban J connectivity index is 0.685. The number of methoxy groups -OCH3 is 1. The standard InChI is InChI=1S/C75H117N3O20S/c1-8-63(9-2)77-52-59-13-15-66-73-69(99-56-67(57(5)79)76-58(6)80)51-62-55-78(64(10-3)11-4)53-60-12-14-65(75(73)71(60)62)72-68(50-61(54-77)70(59)74(66)72)98-49-48-97-47-46-96-45-44-95-43-42-94-41-40-93-39-38-92-37-36-91-35-34-90-33-32-89-31-30-88-29-28-87-27-26-86-25-24-85-23-22-84-21-20-83-19-18-82-17-16-81-7/h12-15,50-51,63-64,67H,8-11,16-49,52-56H2,1-7H3,(H,76,80). The van der Waals surface area contributed by atoms with Crippen LogP contribution in [0, 0.1) is 0 Å². The van der Waals surface area contributed by atoms with Gasteiger partial charge in [-0.05, 0) is 93.9 Å². The van der Waals surface area contributed by atoms with Gasteiger partial charge in [0.2, 0.25) is 5.91 Å². The lowest BCUT2D eigenvalue weighted by atomic mass is 9.82. The van der Waals surface area contributed by atoms with Gasteiger partial charge < -0.3 is 90.6 Å². The fraction of sp³-hybridized carbons (Fsp3) is 0.707. The van der Waals surface area contributed by atoms with Gasteiger partial charge >= 0.3 is 0 Å². The van der Waals surface area contributed by atoms with Crippen LogP contribution in [0.4, 0.5) is 0 Å². The summed E-state index contributed by atoms with van der Waals surface area (Å²) in [6.45, 7) is 32.2. The second-order valence-corrected chi connectivity index (χ2v) is 25.5. The van der Waals surface area contributed by atoms with E-state index in [0.29, 0.717) is 242 Å². The maximum Gasteiger partial charge on any atom is 0.217 e. The number of benzene rings is 5. The van der Waals surface area contributed by atoms with Crippen LogP contribution in [-0.2, 0) is 116 Å². The van der Waals surface area contributed by atoms with Crippen molar-refractivity contribution in [2.24, 2.45) is 0 Å². The number of Topliss-reactive ketones (excluding diaryl/α,β-unsaturated/α-hetero) is 1. The van der Waals surface area contributed by atoms with Crippen molar-refractivity contribution in [1.29, 1.82) is 0 Å². The lowest BCUT2D eigenvalue weighted by molar-refractivity contribution is -0.125. The van der Waals surface area contributed by atoms with Crippen molar-refractivity contribution in [3.8, 4) is 5.75 Å². The molecule has 0 aromatic heterocycles. The van der Waals surface area contributed by atoms with Crippen LogP contribution in [0.15, 0.2) is 41.3 Å². The molecule has 2 aliphatic rings. The fourth-order valence-electron chi connectivity index (χ4n) is 12.6. The highest BCUT2D eigenvalue weighted by Gasteiger charge is 2.32. The van der Waals surface area contributed by atoms with Crippen molar-refractivity contribution >= 4 is 66.5 Å². The molecular weight excluding hydrogens is 1290 g/mol. The van der Waals surface area contributed by atoms with E-state index in [1.165, 1.54) is 66.9 Å². The minimum absolute atomic E-state index is 0.0499. The molecule has 0 aliphatic carbocycles. The Labute approximate surface area is 592 Å². The second kappa shape index (κ2) is 49.6. The van der Waals surface area contributed by atoms with Gasteiger partial charge in [0.1, 0.15) is 12.4 Å². The molecule has 0 radical (unpaired) electrons. The monoisotopic (exact) mass is 1410 g/mol. The van der Waals surface area contributed by atoms with E-state index in [1.54, 1.807) is 25.8 Å². The summed E-state index contributed by atoms with van der Waals surface area (Å²) in [4.78, 5) is 31.7. The first-order valence-corrected chi connectivity index (χ1v) is 37.2. The molecule has 0 saturated carbocycles. The zero-order valence-corrected chi connectivity index (χ0v) is 61.4. The summed E-state index contributed by atoms with van der Waals surface area (Å²) in [6, 6.07) is 14.5. The molecule has 1 unspecified atom stereocenters. The van der Waals surface area contributed by atoms with Gasteiger partial charge in [-0.1, -0.05) is 52.0 Å². The van der Waals surface area contributed by atoms with Gasteiger partial charge in [0.05, 0.1) is 224 Å². The van der Waals surface area contributed by atoms with Gasteiger partial charge in [0, 0.05) is 79.1 Å². The summed E-state index contributed by atoms with van der Waals surface area (Å²) < 4.78 is 101. The molecule has 7 rings (SSSR count). The number of amides is 1. The van der Waals surface area contributed by atoms with Crippen LogP contribution in [0.3, 0.4) is 0 Å². The Morgan fingerprint density at radius 1 is 0.374 bits per heavy atom. The van der Waals surface area contributed by atoms with Gasteiger partial charge in [0.25, 0.3) is 0 Å². The molecule has 5 aromatic rings. The van der Waals surface area contributed by atoms with E-state index in [1.807, 2.05) is 0 Å². The number of carbonyl (C=O) groups excluding carboxylic acids is 2. The Kier molecular flexibility index (Phi) is 41.2. The molecule has 0 bridgehead atoms. The average Bonchev–Trinajstić information content (AvgIpc) is 0.691. The normalized spacial score (nSPS) is 13.9. The Morgan fingerprint density at radius 2 is 0.667 bits per heavy atom. The van der Waals surface area contributed by atoms with E-state index in [9.17, 15) is 9.59 Å². The van der Waals surface area contributed by atoms with Gasteiger partial charge in [-0.25, -0.2) is 0 Å². The number of hydrogen-bond acceptors (Lipinski definition) is 23. The van der Waals surface area contributed by atoms with Crippen LogP contribution >= 0.6 is 11.8 Å². The van der Waals surface area contributed by atoms with Crippen molar-refractivity contribution in [1.82, 2.24) is 15.1 Å². The Hall–Kier alpha value is -4.07. The number of ether oxygens (including phenoxy) is 18. The minimum atomic E-state index is -0.592. The van der Waals surface area contributed by atoms with E-state index in [-0.39, 0.29) is 11.7 Å². The smallest absolute Gasteiger partial charge is 0.217 e. The quantitative estimate of drug-likeness (QED) is 0.0166. The molecule has 0 saturated heterocycles. The van der Waals surface area contributed by atoms with Crippen molar-refractivity contribution in [3.63, 3.8) is 0 Å². The molecule has 99 heavy (non-hydrogen) atoms. The number of nitrogens with one attached hydrogen (secondary N) is 1. The number of rotatable bonds is 63. The summed E-state index contributed by atoms with van der Waals surface area (Å²) in [6.07, 6.45) is 4.33. The number of ketones is 1. The Morgan fingerprint density at radius 3 is 0.980 bits per heavy atom. The van der Waals surface area contributed by atoms with Crippen molar-refractivity contribution in [2.45, 2.75) is 116 Å². The molecule has 0 fully saturated rings. The Bertz CT molecular complexity index is 3010. The van der Waals surface area contributed by atoms with E-state index in [0.717, 1.165) is 67.9 Å². The lowest BCUT2D eigenvalue weighted by Crippen LogP contribution is -2.40. The molecule has 1 N–H and O–H groups in total. The molecule has 2 aliphatic heterocycles. The average molecular weight is 1410 g/mol. The number of nitrogens with zero attached hydrogens (tertiary/aromatic N) is 2. The summed E-state index contributed by atoms with van der Waals surface area (Å²) >= 11 is 1.68. The predicted octanol–water partition coefficient (Wildman–Crippen LogP) is 9.22. The zero-order valence-electron chi connectivity index (χ0n) is 60.6. The molecule has 2 heterocycles. The molecule has 24 heteroatoms. The van der Waals surface area contributed by atoms with Crippen LogP contribution in [0.5, 0.6) is 5.75 Å². The van der Waals surface area contributed by atoms with Crippen molar-refractivity contribution in [2.75, 3.05) is 237 Å². The van der Waals surface area contributed by atoms with Gasteiger partial charge in [-0.3, -0.25) is 19.4 Å². The summed E-state index contributed by atoms with van der Waals surface area (Å²) in [7, 11) is 1.65. The van der Waals surface area contributed by atoms with Crippen molar-refractivity contribution < 1.29 is 94.9 Å². The van der Waals surface area contributed by atoms with Crippen LogP contribution < -0.4 is 10.1 Å². The maximum absolute atomic E-state index is 12.9. The fourth-order valence-corrected chi connectivity index (χ4v) is 13.9. The highest BCUT2D eigenvalue weighted by Crippen LogP contribution is 2.52. The van der Waals surface area contributed by atoms with E-state index in [2.05, 4.69) is 79.2 Å². The summed E-state index contributed by atoms with van der Waals surface area (Å²) in [5, 5.41) is 12.8. The summed E-state index contributed by atoms with van der Waals surface area (Å²) in [5.41, 5.74) is 5.26. The number of thioether (sulfide) groups is 1. The predicted molar refractivity (Wildman–Crippen MR) is 384 cm³/mol. The number of fused-ring (bicyclic) bond motifs is 2. The highest BCUT2D eigenvalue weighted by molar-refractivity contribution is 7.99. The molecule has 1 atom stereocenters. The van der Waals surface area contributed by atoms with E-state index >= 15 is 0 Å². The van der Waals surface area contributed by atoms with E-state index < -0.39 is 6.04 Å². The number of carbonyl (C=O) groups is 2. The second-order valence-electron chi connectivity index (χ2n) is 24.4. The SMILES string of the molecule is CCC(CC)N1Cc2ccc3c4c(SCC(NC(C)=O)C(C)=O)cc5c6c(ccc(c7c(OCCOCCOCCOCCOCCOCCOCCOCCOCCOCCOCCOCCOCCOCCOCCOCCOCCOC)cc(c2c37)C1)c64)CN(C(CC)CC)C5. The molecule has 23 nitrogen and oxygen atoms in total. The third-order valence-corrected chi connectivity index (χ3v) is 18.7. The molecule has 0 spiro atoms. The third-order valence-electron chi connectivity index (χ3n) is 17.6. The summed E-state index contributed by atoms with van der Waals surface area (Å²) in [5.74, 6) is 1.06. The van der Waals surface area contributed by atoms with Crippen LogP contribution in [-0.4, -0.2) is 277 Å². The van der Waals surface area contributed by atoms with Crippen LogP contribution in [0.1, 0.15) is 89.5 Å². The molecule has 1 amide bonds. The first-order chi connectivity index (χ1) is 48.7. The van der Waals surface area contributed by atoms with Crippen molar-refractivity contribution in [3.05, 3.63) is 58.7 Å². The molecule has 558 valence electrons. The molecule has 5 aromatic carbocycles. The number of hydrogen-bond donors (Lipinski definition) is 1. The minimum Gasteiger partial charge on any atom is -0.491 e. The first kappa shape index (κ1) is 82.2. The molecular formula is C75H117N3O20S.